The van der Waals surface area contributed by atoms with Crippen molar-refractivity contribution < 1.29 is 0 Å². The zero-order valence-corrected chi connectivity index (χ0v) is 13.3. The molecule has 0 bridgehead atoms. The Balaban J connectivity index is 2.36. The van der Waals surface area contributed by atoms with Crippen LogP contribution in [0.25, 0.3) is 11.1 Å². The Kier molecular flexibility index (Phi) is 5.13. The summed E-state index contributed by atoms with van der Waals surface area (Å²) in [6.45, 7) is 9.06. The van der Waals surface area contributed by atoms with Crippen molar-refractivity contribution in [1.29, 1.82) is 5.26 Å². The fraction of sp³-hybridized carbons (Fsp3) is 0.333. The Bertz CT molecular complexity index is 734. The van der Waals surface area contributed by atoms with Gasteiger partial charge in [-0.25, -0.2) is 0 Å². The van der Waals surface area contributed by atoms with Gasteiger partial charge in [0, 0.05) is 17.8 Å². The van der Waals surface area contributed by atoms with Crippen LogP contribution in [-0.2, 0) is 6.54 Å². The molecule has 4 heteroatoms. The minimum atomic E-state index is -0.329. The number of nitriles is 1. The molecule has 0 aliphatic carbocycles. The zero-order valence-electron chi connectivity index (χ0n) is 13.3. The van der Waals surface area contributed by atoms with E-state index in [2.05, 4.69) is 35.9 Å². The van der Waals surface area contributed by atoms with Gasteiger partial charge in [-0.2, -0.15) is 5.26 Å². The molecular formula is C18H21N3O. The number of H-pyrrole nitrogens is 1. The highest BCUT2D eigenvalue weighted by Gasteiger charge is 2.10. The summed E-state index contributed by atoms with van der Waals surface area (Å²) in [5.74, 6) is 0. The number of aromatic nitrogens is 1. The summed E-state index contributed by atoms with van der Waals surface area (Å²) in [7, 11) is 0. The molecule has 4 nitrogen and oxygen atoms in total. The highest BCUT2D eigenvalue weighted by Crippen LogP contribution is 2.22. The van der Waals surface area contributed by atoms with E-state index in [4.69, 9.17) is 0 Å². The number of pyridine rings is 1. The number of hydrogen-bond donors (Lipinski definition) is 1. The van der Waals surface area contributed by atoms with Crippen LogP contribution >= 0.6 is 0 Å². The second kappa shape index (κ2) is 7.06. The van der Waals surface area contributed by atoms with Gasteiger partial charge in [0.25, 0.3) is 5.56 Å². The first-order valence-electron chi connectivity index (χ1n) is 7.54. The molecule has 0 saturated heterocycles. The maximum atomic E-state index is 11.9. The van der Waals surface area contributed by atoms with Gasteiger partial charge in [-0.15, -0.1) is 0 Å². The van der Waals surface area contributed by atoms with Crippen LogP contribution in [0.4, 0.5) is 0 Å². The Labute approximate surface area is 131 Å². The molecule has 0 radical (unpaired) electrons. The molecule has 0 amide bonds. The van der Waals surface area contributed by atoms with E-state index in [0.29, 0.717) is 5.56 Å². The largest absolute Gasteiger partial charge is 0.325 e. The van der Waals surface area contributed by atoms with Crippen molar-refractivity contribution >= 4 is 0 Å². The quantitative estimate of drug-likeness (QED) is 0.922. The van der Waals surface area contributed by atoms with Gasteiger partial charge < -0.3 is 4.98 Å². The lowest BCUT2D eigenvalue weighted by molar-refractivity contribution is 0.296. The normalized spacial score (nSPS) is 10.7. The summed E-state index contributed by atoms with van der Waals surface area (Å²) < 4.78 is 0. The van der Waals surface area contributed by atoms with E-state index in [1.807, 2.05) is 31.2 Å². The first-order valence-corrected chi connectivity index (χ1v) is 7.54. The average Bonchev–Trinajstić information content (AvgIpc) is 2.52. The van der Waals surface area contributed by atoms with Crippen LogP contribution in [0.3, 0.4) is 0 Å². The number of benzene rings is 1. The van der Waals surface area contributed by atoms with Crippen LogP contribution in [0.1, 0.15) is 30.7 Å². The van der Waals surface area contributed by atoms with E-state index in [-0.39, 0.29) is 11.1 Å². The van der Waals surface area contributed by atoms with Gasteiger partial charge >= 0.3 is 0 Å². The van der Waals surface area contributed by atoms with Gasteiger partial charge in [-0.3, -0.25) is 9.69 Å². The van der Waals surface area contributed by atoms with E-state index in [9.17, 15) is 10.1 Å². The maximum Gasteiger partial charge on any atom is 0.266 e. The number of aromatic amines is 1. The van der Waals surface area contributed by atoms with Gasteiger partial charge in [0.2, 0.25) is 0 Å². The predicted octanol–water partition coefficient (Wildman–Crippen LogP) is 3.06. The molecule has 0 unspecified atom stereocenters. The van der Waals surface area contributed by atoms with E-state index >= 15 is 0 Å². The summed E-state index contributed by atoms with van der Waals surface area (Å²) in [6, 6.07) is 11.9. The van der Waals surface area contributed by atoms with Crippen LogP contribution < -0.4 is 5.56 Å². The smallest absolute Gasteiger partial charge is 0.266 e. The summed E-state index contributed by atoms with van der Waals surface area (Å²) in [5, 5.41) is 9.21. The summed E-state index contributed by atoms with van der Waals surface area (Å²) in [5.41, 5.74) is 3.41. The van der Waals surface area contributed by atoms with Crippen molar-refractivity contribution in [1.82, 2.24) is 9.88 Å². The van der Waals surface area contributed by atoms with Crippen molar-refractivity contribution in [3.8, 4) is 17.2 Å². The first-order chi connectivity index (χ1) is 10.6. The molecule has 1 N–H and O–H groups in total. The predicted molar refractivity (Wildman–Crippen MR) is 88.6 cm³/mol. The van der Waals surface area contributed by atoms with Crippen LogP contribution in [0.5, 0.6) is 0 Å². The number of aryl methyl sites for hydroxylation is 1. The maximum absolute atomic E-state index is 11.9. The van der Waals surface area contributed by atoms with Crippen LogP contribution in [0.2, 0.25) is 0 Å². The Morgan fingerprint density at radius 1 is 1.18 bits per heavy atom. The van der Waals surface area contributed by atoms with Crippen molar-refractivity contribution in [2.45, 2.75) is 27.3 Å². The molecule has 1 aromatic carbocycles. The second-order valence-electron chi connectivity index (χ2n) is 5.34. The van der Waals surface area contributed by atoms with Gasteiger partial charge in [-0.1, -0.05) is 38.1 Å². The van der Waals surface area contributed by atoms with Crippen molar-refractivity contribution in [3.05, 3.63) is 57.5 Å². The number of nitrogens with one attached hydrogen (secondary N) is 1. The molecule has 0 spiro atoms. The molecule has 0 aliphatic rings. The lowest BCUT2D eigenvalue weighted by Crippen LogP contribution is -2.21. The highest BCUT2D eigenvalue weighted by atomic mass is 16.1. The minimum absolute atomic E-state index is 0.169. The van der Waals surface area contributed by atoms with E-state index in [1.54, 1.807) is 0 Å². The molecule has 0 atom stereocenters. The molecule has 0 fully saturated rings. The standard InChI is InChI=1S/C18H21N3O/c1-4-21(5-2)12-14-6-8-15(9-7-14)16-10-13(3)20-18(22)17(16)11-19/h6-10H,4-5,12H2,1-3H3,(H,20,22). The monoisotopic (exact) mass is 295 g/mol. The minimum Gasteiger partial charge on any atom is -0.325 e. The summed E-state index contributed by atoms with van der Waals surface area (Å²) >= 11 is 0. The molecule has 2 rings (SSSR count). The lowest BCUT2D eigenvalue weighted by atomic mass is 10.00. The highest BCUT2D eigenvalue weighted by molar-refractivity contribution is 5.70. The van der Waals surface area contributed by atoms with Crippen molar-refractivity contribution in [2.24, 2.45) is 0 Å². The average molecular weight is 295 g/mol. The molecule has 1 aromatic heterocycles. The molecule has 0 aliphatic heterocycles. The van der Waals surface area contributed by atoms with E-state index in [0.717, 1.165) is 30.9 Å². The molecule has 114 valence electrons. The SMILES string of the molecule is CCN(CC)Cc1ccc(-c2cc(C)[nH]c(=O)c2C#N)cc1. The van der Waals surface area contributed by atoms with Gasteiger partial charge in [-0.05, 0) is 37.2 Å². The van der Waals surface area contributed by atoms with E-state index < -0.39 is 0 Å². The third-order valence-electron chi connectivity index (χ3n) is 3.85. The third-order valence-corrected chi connectivity index (χ3v) is 3.85. The van der Waals surface area contributed by atoms with Crippen LogP contribution in [0.15, 0.2) is 35.1 Å². The molecule has 22 heavy (non-hydrogen) atoms. The first kappa shape index (κ1) is 16.0. The molecule has 2 aromatic rings. The van der Waals surface area contributed by atoms with Crippen LogP contribution in [-0.4, -0.2) is 23.0 Å². The lowest BCUT2D eigenvalue weighted by Gasteiger charge is -2.18. The number of hydrogen-bond acceptors (Lipinski definition) is 3. The molecule has 0 saturated carbocycles. The van der Waals surface area contributed by atoms with Gasteiger partial charge in [0.1, 0.15) is 11.6 Å². The number of nitrogens with zero attached hydrogens (tertiary/aromatic N) is 2. The Hall–Kier alpha value is -2.38. The summed E-state index contributed by atoms with van der Waals surface area (Å²) in [4.78, 5) is 16.9. The fourth-order valence-corrected chi connectivity index (χ4v) is 2.52. The van der Waals surface area contributed by atoms with Gasteiger partial charge in [0.05, 0.1) is 0 Å². The Morgan fingerprint density at radius 3 is 2.36 bits per heavy atom. The van der Waals surface area contributed by atoms with E-state index in [1.165, 1.54) is 5.56 Å². The van der Waals surface area contributed by atoms with Crippen LogP contribution in [0, 0.1) is 18.3 Å². The number of rotatable bonds is 5. The summed E-state index contributed by atoms with van der Waals surface area (Å²) in [6.07, 6.45) is 0. The third kappa shape index (κ3) is 3.44. The van der Waals surface area contributed by atoms with Gasteiger partial charge in [0.15, 0.2) is 0 Å². The molecule has 1 heterocycles. The fourth-order valence-electron chi connectivity index (χ4n) is 2.52. The zero-order chi connectivity index (χ0) is 16.1. The topological polar surface area (TPSA) is 59.9 Å². The van der Waals surface area contributed by atoms with Crippen molar-refractivity contribution in [2.75, 3.05) is 13.1 Å². The molecular weight excluding hydrogens is 274 g/mol. The Morgan fingerprint density at radius 2 is 1.82 bits per heavy atom. The second-order valence-corrected chi connectivity index (χ2v) is 5.34. The van der Waals surface area contributed by atoms with Crippen molar-refractivity contribution in [3.63, 3.8) is 0 Å².